The highest BCUT2D eigenvalue weighted by molar-refractivity contribution is 5.87. The summed E-state index contributed by atoms with van der Waals surface area (Å²) in [7, 11) is 1.64. The fraction of sp³-hybridized carbons (Fsp3) is 0.500. The van der Waals surface area contributed by atoms with Crippen LogP contribution < -0.4 is 11.0 Å². The molecule has 0 aromatic carbocycles. The van der Waals surface area contributed by atoms with Gasteiger partial charge in [0.25, 0.3) is 0 Å². The van der Waals surface area contributed by atoms with E-state index >= 15 is 0 Å². The molecule has 0 aliphatic rings. The fourth-order valence-electron chi connectivity index (χ4n) is 2.18. The van der Waals surface area contributed by atoms with Gasteiger partial charge in [-0.1, -0.05) is 26.2 Å². The number of carbonyl (C=O) groups is 1. The van der Waals surface area contributed by atoms with Gasteiger partial charge >= 0.3 is 11.7 Å². The van der Waals surface area contributed by atoms with Gasteiger partial charge in [-0.25, -0.2) is 14.6 Å². The number of aryl methyl sites for hydroxylation is 1. The van der Waals surface area contributed by atoms with Gasteiger partial charge < -0.3 is 5.32 Å². The van der Waals surface area contributed by atoms with E-state index in [1.807, 2.05) is 0 Å². The molecular formula is C14H20N4O2. The topological polar surface area (TPSA) is 68.9 Å². The van der Waals surface area contributed by atoms with Crippen LogP contribution in [-0.2, 0) is 7.05 Å². The summed E-state index contributed by atoms with van der Waals surface area (Å²) in [6.45, 7) is 2.72. The van der Waals surface area contributed by atoms with Gasteiger partial charge in [-0.05, 0) is 18.6 Å². The average Bonchev–Trinajstić information content (AvgIpc) is 2.71. The van der Waals surface area contributed by atoms with Gasteiger partial charge in [0, 0.05) is 19.8 Å². The predicted molar refractivity (Wildman–Crippen MR) is 77.9 cm³/mol. The van der Waals surface area contributed by atoms with Crippen LogP contribution in [0.5, 0.6) is 0 Å². The summed E-state index contributed by atoms with van der Waals surface area (Å²) < 4.78 is 2.52. The van der Waals surface area contributed by atoms with Crippen LogP contribution in [-0.4, -0.2) is 26.7 Å². The Kier molecular flexibility index (Phi) is 4.55. The number of amides is 1. The molecule has 0 saturated carbocycles. The van der Waals surface area contributed by atoms with Crippen LogP contribution in [0.25, 0.3) is 11.2 Å². The summed E-state index contributed by atoms with van der Waals surface area (Å²) >= 11 is 0. The van der Waals surface area contributed by atoms with E-state index in [-0.39, 0.29) is 5.69 Å². The van der Waals surface area contributed by atoms with Crippen LogP contribution in [0.3, 0.4) is 0 Å². The highest BCUT2D eigenvalue weighted by Crippen LogP contribution is 2.07. The van der Waals surface area contributed by atoms with Gasteiger partial charge in [0.15, 0.2) is 5.65 Å². The molecule has 0 unspecified atom stereocenters. The average molecular weight is 276 g/mol. The molecule has 2 rings (SSSR count). The highest BCUT2D eigenvalue weighted by atomic mass is 16.2. The maximum atomic E-state index is 12.1. The molecule has 0 spiro atoms. The number of unbranched alkanes of at least 4 members (excludes halogenated alkanes) is 3. The lowest BCUT2D eigenvalue weighted by molar-refractivity contribution is 0.242. The van der Waals surface area contributed by atoms with Gasteiger partial charge in [0.1, 0.15) is 0 Å². The lowest BCUT2D eigenvalue weighted by Crippen LogP contribution is -2.37. The molecule has 0 radical (unpaired) electrons. The molecule has 0 aliphatic heterocycles. The fourth-order valence-corrected chi connectivity index (χ4v) is 2.18. The van der Waals surface area contributed by atoms with E-state index in [2.05, 4.69) is 17.2 Å². The minimum absolute atomic E-state index is 0.371. The van der Waals surface area contributed by atoms with Crippen molar-refractivity contribution in [2.75, 3.05) is 6.54 Å². The summed E-state index contributed by atoms with van der Waals surface area (Å²) in [6, 6.07) is 3.11. The minimum Gasteiger partial charge on any atom is -0.337 e. The smallest absolute Gasteiger partial charge is 0.337 e. The van der Waals surface area contributed by atoms with Crippen LogP contribution >= 0.6 is 0 Å². The van der Waals surface area contributed by atoms with Gasteiger partial charge in [-0.2, -0.15) is 4.57 Å². The van der Waals surface area contributed by atoms with E-state index in [0.29, 0.717) is 17.7 Å². The molecule has 1 amide bonds. The Morgan fingerprint density at radius 3 is 2.90 bits per heavy atom. The zero-order chi connectivity index (χ0) is 14.5. The molecule has 20 heavy (non-hydrogen) atoms. The Labute approximate surface area is 117 Å². The van der Waals surface area contributed by atoms with E-state index in [1.54, 1.807) is 25.4 Å². The number of hydrogen-bond acceptors (Lipinski definition) is 3. The number of fused-ring (bicyclic) bond motifs is 1. The van der Waals surface area contributed by atoms with Crippen molar-refractivity contribution in [2.45, 2.75) is 32.6 Å². The summed E-state index contributed by atoms with van der Waals surface area (Å²) in [6.07, 6.45) is 5.89. The predicted octanol–water partition coefficient (Wildman–Crippen LogP) is 1.87. The van der Waals surface area contributed by atoms with Crippen LogP contribution in [0.1, 0.15) is 32.6 Å². The Bertz CT molecular complexity index is 657. The number of pyridine rings is 1. The second kappa shape index (κ2) is 6.36. The van der Waals surface area contributed by atoms with Gasteiger partial charge in [0.05, 0.1) is 5.52 Å². The number of rotatable bonds is 5. The van der Waals surface area contributed by atoms with Crippen LogP contribution in [0, 0.1) is 0 Å². The molecule has 6 nitrogen and oxygen atoms in total. The SMILES string of the molecule is CCCCCCNC(=O)n1c(=O)n(C)c2cccnc21. The molecule has 2 aromatic rings. The zero-order valence-electron chi connectivity index (χ0n) is 11.9. The molecule has 1 N–H and O–H groups in total. The van der Waals surface area contributed by atoms with Crippen LogP contribution in [0.2, 0.25) is 0 Å². The Hall–Kier alpha value is -2.11. The third-order valence-electron chi connectivity index (χ3n) is 3.33. The number of aromatic nitrogens is 3. The molecule has 2 aromatic heterocycles. The third-order valence-corrected chi connectivity index (χ3v) is 3.33. The largest absolute Gasteiger partial charge is 0.338 e. The maximum absolute atomic E-state index is 12.1. The summed E-state index contributed by atoms with van der Waals surface area (Å²) in [5.74, 6) is 0. The molecular weight excluding hydrogens is 256 g/mol. The lowest BCUT2D eigenvalue weighted by Gasteiger charge is -2.04. The van der Waals surface area contributed by atoms with E-state index < -0.39 is 6.03 Å². The first-order valence-electron chi connectivity index (χ1n) is 6.97. The van der Waals surface area contributed by atoms with Crippen molar-refractivity contribution >= 4 is 17.2 Å². The third kappa shape index (κ3) is 2.74. The Morgan fingerprint density at radius 1 is 1.35 bits per heavy atom. The van der Waals surface area contributed by atoms with E-state index in [9.17, 15) is 9.59 Å². The quantitative estimate of drug-likeness (QED) is 0.848. The van der Waals surface area contributed by atoms with Crippen LogP contribution in [0.15, 0.2) is 23.1 Å². The van der Waals surface area contributed by atoms with Crippen molar-refractivity contribution in [1.82, 2.24) is 19.4 Å². The molecule has 2 heterocycles. The van der Waals surface area contributed by atoms with E-state index in [1.165, 1.54) is 4.57 Å². The normalized spacial score (nSPS) is 10.9. The van der Waals surface area contributed by atoms with Crippen molar-refractivity contribution < 1.29 is 4.79 Å². The van der Waals surface area contributed by atoms with Gasteiger partial charge in [-0.15, -0.1) is 0 Å². The van der Waals surface area contributed by atoms with E-state index in [0.717, 1.165) is 30.3 Å². The second-order valence-electron chi connectivity index (χ2n) is 4.82. The second-order valence-corrected chi connectivity index (χ2v) is 4.82. The molecule has 0 saturated heterocycles. The number of hydrogen-bond donors (Lipinski definition) is 1. The molecule has 0 atom stereocenters. The van der Waals surface area contributed by atoms with Crippen molar-refractivity contribution in [3.63, 3.8) is 0 Å². The summed E-state index contributed by atoms with van der Waals surface area (Å²) in [5, 5.41) is 2.77. The highest BCUT2D eigenvalue weighted by Gasteiger charge is 2.16. The number of carbonyl (C=O) groups excluding carboxylic acids is 1. The number of nitrogens with zero attached hydrogens (tertiary/aromatic N) is 3. The Morgan fingerprint density at radius 2 is 2.15 bits per heavy atom. The van der Waals surface area contributed by atoms with Crippen molar-refractivity contribution in [3.8, 4) is 0 Å². The first kappa shape index (κ1) is 14.3. The molecule has 108 valence electrons. The first-order valence-corrected chi connectivity index (χ1v) is 6.97. The van der Waals surface area contributed by atoms with Gasteiger partial charge in [0.2, 0.25) is 0 Å². The van der Waals surface area contributed by atoms with Gasteiger partial charge in [-0.3, -0.25) is 4.57 Å². The van der Waals surface area contributed by atoms with Crippen LogP contribution in [0.4, 0.5) is 4.79 Å². The molecule has 0 fully saturated rings. The maximum Gasteiger partial charge on any atom is 0.338 e. The number of nitrogens with one attached hydrogen (secondary N) is 1. The zero-order valence-corrected chi connectivity index (χ0v) is 11.9. The molecule has 0 aliphatic carbocycles. The molecule has 0 bridgehead atoms. The standard InChI is InChI=1S/C14H20N4O2/c1-3-4-5-6-9-16-13(19)18-12-11(8-7-10-15-12)17(2)14(18)20/h7-8,10H,3-6,9H2,1-2H3,(H,16,19). The van der Waals surface area contributed by atoms with Crippen molar-refractivity contribution in [1.29, 1.82) is 0 Å². The van der Waals surface area contributed by atoms with Crippen molar-refractivity contribution in [2.24, 2.45) is 7.05 Å². The first-order chi connectivity index (χ1) is 9.66. The summed E-state index contributed by atoms with van der Waals surface area (Å²) in [5.41, 5.74) is 0.675. The number of imidazole rings is 1. The summed E-state index contributed by atoms with van der Waals surface area (Å²) in [4.78, 5) is 28.3. The van der Waals surface area contributed by atoms with E-state index in [4.69, 9.17) is 0 Å². The van der Waals surface area contributed by atoms with Crippen molar-refractivity contribution in [3.05, 3.63) is 28.8 Å². The Balaban J connectivity index is 2.14. The molecule has 6 heteroatoms. The minimum atomic E-state index is -0.407. The lowest BCUT2D eigenvalue weighted by atomic mass is 10.2. The monoisotopic (exact) mass is 276 g/mol.